The SMILES string of the molecule is C=c1cnccc1=C(C=CC)c1cnc(C)[nH]1. The summed E-state index contributed by atoms with van der Waals surface area (Å²) in [6.45, 7) is 7.94. The van der Waals surface area contributed by atoms with E-state index < -0.39 is 0 Å². The quantitative estimate of drug-likeness (QED) is 0.837. The highest BCUT2D eigenvalue weighted by Crippen LogP contribution is 2.09. The van der Waals surface area contributed by atoms with Crippen LogP contribution in [0, 0.1) is 6.92 Å². The summed E-state index contributed by atoms with van der Waals surface area (Å²) < 4.78 is 0. The predicted molar refractivity (Wildman–Crippen MR) is 69.7 cm³/mol. The number of rotatable bonds is 2. The Kier molecular flexibility index (Phi) is 3.19. The maximum Gasteiger partial charge on any atom is 0.103 e. The van der Waals surface area contributed by atoms with Gasteiger partial charge in [0.15, 0.2) is 0 Å². The van der Waals surface area contributed by atoms with Gasteiger partial charge in [-0.3, -0.25) is 4.98 Å². The van der Waals surface area contributed by atoms with Crippen molar-refractivity contribution in [1.82, 2.24) is 15.0 Å². The van der Waals surface area contributed by atoms with Gasteiger partial charge >= 0.3 is 0 Å². The summed E-state index contributed by atoms with van der Waals surface area (Å²) >= 11 is 0. The van der Waals surface area contributed by atoms with E-state index in [1.807, 2.05) is 32.2 Å². The Bertz CT molecular complexity index is 650. The van der Waals surface area contributed by atoms with Gasteiger partial charge in [-0.05, 0) is 30.4 Å². The molecule has 1 N–H and O–H groups in total. The topological polar surface area (TPSA) is 41.6 Å². The molecule has 0 aromatic carbocycles. The molecule has 2 aromatic rings. The Hall–Kier alpha value is -2.16. The van der Waals surface area contributed by atoms with E-state index in [1.54, 1.807) is 12.4 Å². The Morgan fingerprint density at radius 1 is 1.41 bits per heavy atom. The summed E-state index contributed by atoms with van der Waals surface area (Å²) in [7, 11) is 0. The van der Waals surface area contributed by atoms with Crippen molar-refractivity contribution in [3.05, 3.63) is 58.8 Å². The van der Waals surface area contributed by atoms with Crippen LogP contribution in [0.25, 0.3) is 12.2 Å². The van der Waals surface area contributed by atoms with Gasteiger partial charge in [0.1, 0.15) is 5.82 Å². The van der Waals surface area contributed by atoms with Crippen molar-refractivity contribution in [3.8, 4) is 0 Å². The maximum atomic E-state index is 4.23. The molecule has 0 aliphatic carbocycles. The van der Waals surface area contributed by atoms with Crippen molar-refractivity contribution in [2.75, 3.05) is 0 Å². The Labute approximate surface area is 100 Å². The first kappa shape index (κ1) is 11.3. The van der Waals surface area contributed by atoms with Gasteiger partial charge < -0.3 is 4.98 Å². The molecule has 0 fully saturated rings. The molecule has 86 valence electrons. The lowest BCUT2D eigenvalue weighted by molar-refractivity contribution is 1.14. The molecule has 2 aromatic heterocycles. The van der Waals surface area contributed by atoms with Gasteiger partial charge in [-0.25, -0.2) is 4.98 Å². The van der Waals surface area contributed by atoms with E-state index in [2.05, 4.69) is 27.6 Å². The van der Waals surface area contributed by atoms with Crippen LogP contribution in [0.15, 0.2) is 36.8 Å². The number of nitrogens with one attached hydrogen (secondary N) is 1. The van der Waals surface area contributed by atoms with Crippen molar-refractivity contribution >= 4 is 12.2 Å². The number of aryl methyl sites for hydroxylation is 1. The van der Waals surface area contributed by atoms with Crippen LogP contribution in [0.4, 0.5) is 0 Å². The minimum atomic E-state index is 0.904. The first-order chi connectivity index (χ1) is 8.22. The molecule has 0 aliphatic heterocycles. The Morgan fingerprint density at radius 3 is 2.82 bits per heavy atom. The summed E-state index contributed by atoms with van der Waals surface area (Å²) in [6.07, 6.45) is 9.44. The van der Waals surface area contributed by atoms with Gasteiger partial charge in [0.2, 0.25) is 0 Å². The highest BCUT2D eigenvalue weighted by Gasteiger charge is 2.02. The Balaban J connectivity index is 2.77. The number of nitrogens with zero attached hydrogens (tertiary/aromatic N) is 2. The Morgan fingerprint density at radius 2 is 2.24 bits per heavy atom. The lowest BCUT2D eigenvalue weighted by atomic mass is 10.1. The number of allylic oxidation sites excluding steroid dienone is 2. The molecule has 0 bridgehead atoms. The number of H-pyrrole nitrogens is 1. The average Bonchev–Trinajstić information content (AvgIpc) is 2.74. The van der Waals surface area contributed by atoms with Gasteiger partial charge in [0.25, 0.3) is 0 Å². The third-order valence-electron chi connectivity index (χ3n) is 2.52. The van der Waals surface area contributed by atoms with Gasteiger partial charge in [-0.2, -0.15) is 0 Å². The maximum absolute atomic E-state index is 4.23. The molecule has 3 heteroatoms. The minimum absolute atomic E-state index is 0.904. The van der Waals surface area contributed by atoms with Crippen molar-refractivity contribution in [2.24, 2.45) is 0 Å². The third-order valence-corrected chi connectivity index (χ3v) is 2.52. The number of aromatic amines is 1. The van der Waals surface area contributed by atoms with Gasteiger partial charge in [-0.1, -0.05) is 18.7 Å². The third kappa shape index (κ3) is 2.33. The number of aromatic nitrogens is 3. The lowest BCUT2D eigenvalue weighted by Crippen LogP contribution is -2.25. The van der Waals surface area contributed by atoms with Crippen molar-refractivity contribution in [1.29, 1.82) is 0 Å². The zero-order valence-corrected chi connectivity index (χ0v) is 10.1. The fraction of sp³-hybridized carbons (Fsp3) is 0.143. The van der Waals surface area contributed by atoms with E-state index in [0.717, 1.165) is 27.5 Å². The van der Waals surface area contributed by atoms with Gasteiger partial charge in [-0.15, -0.1) is 0 Å². The van der Waals surface area contributed by atoms with Crippen LogP contribution >= 0.6 is 0 Å². The van der Waals surface area contributed by atoms with Crippen LogP contribution in [0.5, 0.6) is 0 Å². The molecular weight excluding hydrogens is 210 g/mol. The van der Waals surface area contributed by atoms with Crippen LogP contribution in [0.3, 0.4) is 0 Å². The fourth-order valence-corrected chi connectivity index (χ4v) is 1.74. The molecule has 0 radical (unpaired) electrons. The van der Waals surface area contributed by atoms with E-state index in [-0.39, 0.29) is 0 Å². The molecule has 0 spiro atoms. The molecular formula is C14H15N3. The van der Waals surface area contributed by atoms with E-state index in [0.29, 0.717) is 0 Å². The van der Waals surface area contributed by atoms with E-state index in [4.69, 9.17) is 0 Å². The minimum Gasteiger partial charge on any atom is -0.342 e. The summed E-state index contributed by atoms with van der Waals surface area (Å²) in [5.74, 6) is 0.904. The summed E-state index contributed by atoms with van der Waals surface area (Å²) in [6, 6.07) is 1.97. The van der Waals surface area contributed by atoms with Crippen molar-refractivity contribution in [3.63, 3.8) is 0 Å². The second-order valence-electron chi connectivity index (χ2n) is 3.83. The normalized spacial score (nSPS) is 13.1. The van der Waals surface area contributed by atoms with Crippen LogP contribution in [0.2, 0.25) is 0 Å². The molecule has 17 heavy (non-hydrogen) atoms. The number of imidazole rings is 1. The molecule has 2 heterocycles. The summed E-state index contributed by atoms with van der Waals surface area (Å²) in [5.41, 5.74) is 2.08. The smallest absolute Gasteiger partial charge is 0.103 e. The monoisotopic (exact) mass is 225 g/mol. The van der Waals surface area contributed by atoms with Crippen LogP contribution < -0.4 is 10.4 Å². The van der Waals surface area contributed by atoms with E-state index in [1.165, 1.54) is 0 Å². The second-order valence-corrected chi connectivity index (χ2v) is 3.83. The predicted octanol–water partition coefficient (Wildman–Crippen LogP) is 1.30. The zero-order chi connectivity index (χ0) is 12.3. The van der Waals surface area contributed by atoms with Gasteiger partial charge in [0, 0.05) is 18.0 Å². The summed E-state index contributed by atoms with van der Waals surface area (Å²) in [4.78, 5) is 11.5. The van der Waals surface area contributed by atoms with E-state index >= 15 is 0 Å². The number of pyridine rings is 1. The largest absolute Gasteiger partial charge is 0.342 e. The second kappa shape index (κ2) is 4.78. The van der Waals surface area contributed by atoms with Crippen LogP contribution in [-0.2, 0) is 0 Å². The summed E-state index contributed by atoms with van der Waals surface area (Å²) in [5, 5.41) is 1.98. The standard InChI is InChI=1S/C14H15N3/c1-4-5-13(14-9-16-11(3)17-14)12-6-7-15-8-10(12)2/h4-9H,2H2,1,3H3,(H,16,17). The molecule has 2 rings (SSSR count). The molecule has 0 saturated heterocycles. The highest BCUT2D eigenvalue weighted by atomic mass is 14.9. The van der Waals surface area contributed by atoms with Crippen molar-refractivity contribution < 1.29 is 0 Å². The average molecular weight is 225 g/mol. The lowest BCUT2D eigenvalue weighted by Gasteiger charge is -1.99. The first-order valence-corrected chi connectivity index (χ1v) is 5.50. The molecule has 0 saturated carbocycles. The molecule has 3 nitrogen and oxygen atoms in total. The first-order valence-electron chi connectivity index (χ1n) is 5.50. The molecule has 0 aliphatic rings. The molecule has 0 atom stereocenters. The van der Waals surface area contributed by atoms with E-state index in [9.17, 15) is 0 Å². The van der Waals surface area contributed by atoms with Crippen LogP contribution in [0.1, 0.15) is 18.4 Å². The fourth-order valence-electron chi connectivity index (χ4n) is 1.74. The highest BCUT2D eigenvalue weighted by molar-refractivity contribution is 5.70. The zero-order valence-electron chi connectivity index (χ0n) is 10.1. The van der Waals surface area contributed by atoms with Gasteiger partial charge in [0.05, 0.1) is 11.9 Å². The molecule has 0 unspecified atom stereocenters. The molecule has 0 amide bonds. The van der Waals surface area contributed by atoms with Crippen molar-refractivity contribution in [2.45, 2.75) is 13.8 Å². The number of hydrogen-bond acceptors (Lipinski definition) is 2. The number of hydrogen-bond donors (Lipinski definition) is 1. The van der Waals surface area contributed by atoms with Crippen LogP contribution in [-0.4, -0.2) is 15.0 Å².